The summed E-state index contributed by atoms with van der Waals surface area (Å²) in [4.78, 5) is 54.6. The SMILES string of the molecule is COC(=O)CN1CCN(C(=O)c2cc(C(C)(C)C)sc2NC(=O)OC(C)(C)C)C(C)(C)C1=O. The number of esters is 1. The number of nitrogens with zero attached hydrogens (tertiary/aromatic N) is 2. The molecule has 1 N–H and O–H groups in total. The van der Waals surface area contributed by atoms with Crippen molar-refractivity contribution >= 4 is 40.2 Å². The van der Waals surface area contributed by atoms with Gasteiger partial charge in [0.15, 0.2) is 0 Å². The lowest BCUT2D eigenvalue weighted by molar-refractivity contribution is -0.154. The molecule has 0 radical (unpaired) electrons. The van der Waals surface area contributed by atoms with Crippen molar-refractivity contribution in [2.45, 2.75) is 71.9 Å². The second kappa shape index (κ2) is 9.32. The molecule has 0 atom stereocenters. The lowest BCUT2D eigenvalue weighted by atomic mass is 9.93. The van der Waals surface area contributed by atoms with E-state index in [1.54, 1.807) is 40.7 Å². The van der Waals surface area contributed by atoms with Crippen LogP contribution in [0.5, 0.6) is 0 Å². The number of thiophene rings is 1. The fourth-order valence-corrected chi connectivity index (χ4v) is 4.48. The predicted molar refractivity (Wildman–Crippen MR) is 127 cm³/mol. The number of hydrogen-bond acceptors (Lipinski definition) is 7. The molecule has 0 aromatic carbocycles. The molecule has 0 saturated carbocycles. The van der Waals surface area contributed by atoms with E-state index in [1.807, 2.05) is 20.8 Å². The van der Waals surface area contributed by atoms with Crippen LogP contribution in [-0.4, -0.2) is 71.6 Å². The lowest BCUT2D eigenvalue weighted by Crippen LogP contribution is -2.65. The van der Waals surface area contributed by atoms with E-state index in [2.05, 4.69) is 10.1 Å². The summed E-state index contributed by atoms with van der Waals surface area (Å²) in [6.45, 7) is 14.9. The fraction of sp³-hybridized carbons (Fsp3) is 0.652. The molecule has 1 fully saturated rings. The monoisotopic (exact) mass is 481 g/mol. The first kappa shape index (κ1) is 26.6. The molecule has 0 spiro atoms. The van der Waals surface area contributed by atoms with Gasteiger partial charge in [0.2, 0.25) is 5.91 Å². The van der Waals surface area contributed by atoms with Gasteiger partial charge in [-0.15, -0.1) is 11.3 Å². The normalized spacial score (nSPS) is 16.5. The number of methoxy groups -OCH3 is 1. The van der Waals surface area contributed by atoms with Crippen LogP contribution >= 0.6 is 11.3 Å². The highest BCUT2D eigenvalue weighted by atomic mass is 32.1. The number of piperazine rings is 1. The summed E-state index contributed by atoms with van der Waals surface area (Å²) in [5.74, 6) is -1.24. The summed E-state index contributed by atoms with van der Waals surface area (Å²) < 4.78 is 10.0. The summed E-state index contributed by atoms with van der Waals surface area (Å²) in [6, 6.07) is 1.76. The number of hydrogen-bond donors (Lipinski definition) is 1. The Hall–Kier alpha value is -2.62. The molecule has 3 amide bonds. The van der Waals surface area contributed by atoms with Crippen molar-refractivity contribution in [3.8, 4) is 0 Å². The highest BCUT2D eigenvalue weighted by molar-refractivity contribution is 7.16. The summed E-state index contributed by atoms with van der Waals surface area (Å²) in [6.07, 6.45) is -0.655. The zero-order valence-corrected chi connectivity index (χ0v) is 21.8. The molecule has 9 nitrogen and oxygen atoms in total. The highest BCUT2D eigenvalue weighted by Gasteiger charge is 2.45. The van der Waals surface area contributed by atoms with Gasteiger partial charge in [-0.2, -0.15) is 0 Å². The minimum absolute atomic E-state index is 0.168. The van der Waals surface area contributed by atoms with Crippen molar-refractivity contribution in [2.75, 3.05) is 32.1 Å². The van der Waals surface area contributed by atoms with Crippen LogP contribution in [0.25, 0.3) is 0 Å². The van der Waals surface area contributed by atoms with Gasteiger partial charge in [-0.3, -0.25) is 19.7 Å². The van der Waals surface area contributed by atoms with Crippen molar-refractivity contribution in [1.29, 1.82) is 0 Å². The van der Waals surface area contributed by atoms with Crippen LogP contribution in [0, 0.1) is 0 Å². The molecule has 184 valence electrons. The molecular weight excluding hydrogens is 446 g/mol. The fourth-order valence-electron chi connectivity index (χ4n) is 3.38. The topological polar surface area (TPSA) is 105 Å². The second-order valence-electron chi connectivity index (χ2n) is 10.5. The summed E-state index contributed by atoms with van der Waals surface area (Å²) in [5, 5.41) is 3.09. The first-order chi connectivity index (χ1) is 15.0. The number of anilines is 1. The van der Waals surface area contributed by atoms with Crippen LogP contribution in [0.15, 0.2) is 6.07 Å². The summed E-state index contributed by atoms with van der Waals surface area (Å²) in [5.41, 5.74) is -1.82. The maximum atomic E-state index is 13.7. The van der Waals surface area contributed by atoms with Gasteiger partial charge in [-0.05, 0) is 46.1 Å². The molecule has 2 rings (SSSR count). The van der Waals surface area contributed by atoms with Gasteiger partial charge >= 0.3 is 12.1 Å². The van der Waals surface area contributed by atoms with Gasteiger partial charge in [0, 0.05) is 18.0 Å². The molecule has 0 aliphatic carbocycles. The van der Waals surface area contributed by atoms with Gasteiger partial charge in [0.1, 0.15) is 22.7 Å². The summed E-state index contributed by atoms with van der Waals surface area (Å²) in [7, 11) is 1.26. The third-order valence-corrected chi connectivity index (χ3v) is 6.66. The van der Waals surface area contributed by atoms with Gasteiger partial charge in [0.25, 0.3) is 5.91 Å². The molecule has 1 aromatic heterocycles. The quantitative estimate of drug-likeness (QED) is 0.659. The van der Waals surface area contributed by atoms with Crippen molar-refractivity contribution in [2.24, 2.45) is 0 Å². The van der Waals surface area contributed by atoms with Crippen LogP contribution in [0.4, 0.5) is 9.80 Å². The smallest absolute Gasteiger partial charge is 0.412 e. The van der Waals surface area contributed by atoms with Gasteiger partial charge in [-0.25, -0.2) is 4.79 Å². The molecule has 1 aliphatic rings. The Labute approximate surface area is 199 Å². The number of carbonyl (C=O) groups excluding carboxylic acids is 4. The average molecular weight is 482 g/mol. The Kier molecular flexibility index (Phi) is 7.52. The minimum Gasteiger partial charge on any atom is -0.468 e. The molecule has 33 heavy (non-hydrogen) atoms. The number of carbonyl (C=O) groups is 4. The van der Waals surface area contributed by atoms with Crippen molar-refractivity contribution in [3.05, 3.63) is 16.5 Å². The first-order valence-corrected chi connectivity index (χ1v) is 11.6. The van der Waals surface area contributed by atoms with Gasteiger partial charge in [0.05, 0.1) is 12.7 Å². The van der Waals surface area contributed by atoms with Crippen LogP contribution in [-0.2, 0) is 24.5 Å². The lowest BCUT2D eigenvalue weighted by Gasteiger charge is -2.45. The molecule has 0 bridgehead atoms. The number of nitrogens with one attached hydrogen (secondary N) is 1. The minimum atomic E-state index is -1.18. The van der Waals surface area contributed by atoms with Crippen LogP contribution < -0.4 is 5.32 Å². The Balaban J connectivity index is 2.37. The standard InChI is InChI=1S/C23H35N3O6S/c1-21(2,3)15-12-14(17(33-15)24-20(30)32-22(4,5)6)18(28)26-11-10-25(13-16(27)31-9)19(29)23(26,7)8/h12H,10-11,13H2,1-9H3,(H,24,30). The number of amides is 3. The van der Waals surface area contributed by atoms with E-state index in [9.17, 15) is 19.2 Å². The Morgan fingerprint density at radius 2 is 1.73 bits per heavy atom. The zero-order valence-electron chi connectivity index (χ0n) is 21.0. The van der Waals surface area contributed by atoms with Gasteiger partial charge in [-0.1, -0.05) is 20.8 Å². The van der Waals surface area contributed by atoms with Crippen molar-refractivity contribution in [3.63, 3.8) is 0 Å². The zero-order chi connectivity index (χ0) is 25.4. The largest absolute Gasteiger partial charge is 0.468 e. The van der Waals surface area contributed by atoms with E-state index in [4.69, 9.17) is 4.74 Å². The van der Waals surface area contributed by atoms with Gasteiger partial charge < -0.3 is 19.3 Å². The van der Waals surface area contributed by atoms with Crippen molar-refractivity contribution in [1.82, 2.24) is 9.80 Å². The van der Waals surface area contributed by atoms with Crippen molar-refractivity contribution < 1.29 is 28.7 Å². The number of rotatable bonds is 4. The van der Waals surface area contributed by atoms with Crippen LogP contribution in [0.3, 0.4) is 0 Å². The molecule has 1 saturated heterocycles. The van der Waals surface area contributed by atoms with E-state index in [0.717, 1.165) is 4.88 Å². The number of ether oxygens (including phenoxy) is 2. The maximum Gasteiger partial charge on any atom is 0.412 e. The van der Waals surface area contributed by atoms with E-state index in [0.29, 0.717) is 10.6 Å². The Bertz CT molecular complexity index is 939. The first-order valence-electron chi connectivity index (χ1n) is 10.8. The third kappa shape index (κ3) is 6.25. The van der Waals surface area contributed by atoms with Crippen LogP contribution in [0.2, 0.25) is 0 Å². The summed E-state index contributed by atoms with van der Waals surface area (Å²) >= 11 is 1.31. The molecule has 2 heterocycles. The van der Waals surface area contributed by atoms with E-state index >= 15 is 0 Å². The molecule has 10 heteroatoms. The third-order valence-electron chi connectivity index (χ3n) is 5.19. The molecular formula is C23H35N3O6S. The molecule has 1 aliphatic heterocycles. The molecule has 1 aromatic rings. The second-order valence-corrected chi connectivity index (χ2v) is 11.6. The highest BCUT2D eigenvalue weighted by Crippen LogP contribution is 2.38. The van der Waals surface area contributed by atoms with E-state index in [1.165, 1.54) is 28.2 Å². The van der Waals surface area contributed by atoms with E-state index in [-0.39, 0.29) is 36.9 Å². The average Bonchev–Trinajstić information content (AvgIpc) is 3.07. The Morgan fingerprint density at radius 1 is 1.12 bits per heavy atom. The van der Waals surface area contributed by atoms with Crippen LogP contribution in [0.1, 0.15) is 70.6 Å². The predicted octanol–water partition coefficient (Wildman–Crippen LogP) is 3.63. The van der Waals surface area contributed by atoms with E-state index < -0.39 is 23.2 Å². The Morgan fingerprint density at radius 3 is 2.24 bits per heavy atom. The maximum absolute atomic E-state index is 13.7. The molecule has 0 unspecified atom stereocenters.